The fourth-order valence-corrected chi connectivity index (χ4v) is 4.35. The maximum Gasteiger partial charge on any atom is 0.227 e. The fourth-order valence-electron chi connectivity index (χ4n) is 3.82. The molecule has 8 nitrogen and oxygen atoms in total. The van der Waals surface area contributed by atoms with Gasteiger partial charge in [-0.05, 0) is 12.8 Å². The van der Waals surface area contributed by atoms with Gasteiger partial charge < -0.3 is 9.64 Å². The number of anilines is 1. The van der Waals surface area contributed by atoms with Crippen LogP contribution in [0.1, 0.15) is 12.8 Å². The maximum atomic E-state index is 5.47. The Morgan fingerprint density at radius 2 is 1.88 bits per heavy atom. The molecule has 26 heavy (non-hydrogen) atoms. The molecule has 0 unspecified atom stereocenters. The number of piperidine rings is 1. The summed E-state index contributed by atoms with van der Waals surface area (Å²) in [6, 6.07) is 0.652. The van der Waals surface area contributed by atoms with E-state index in [4.69, 9.17) is 9.72 Å². The SMILES string of the molecule is c1nc(-n2cnc3cnc(N4CCC(N5CCOCC5)CC4)nc32)cs1. The summed E-state index contributed by atoms with van der Waals surface area (Å²) < 4.78 is 7.40. The van der Waals surface area contributed by atoms with Gasteiger partial charge in [0.2, 0.25) is 5.95 Å². The van der Waals surface area contributed by atoms with Gasteiger partial charge in [-0.1, -0.05) is 0 Å². The Hall–Kier alpha value is -2.10. The monoisotopic (exact) mass is 371 g/mol. The summed E-state index contributed by atoms with van der Waals surface area (Å²) in [7, 11) is 0. The number of fused-ring (bicyclic) bond motifs is 1. The van der Waals surface area contributed by atoms with Crippen LogP contribution in [-0.2, 0) is 4.74 Å². The van der Waals surface area contributed by atoms with Gasteiger partial charge in [0, 0.05) is 37.6 Å². The summed E-state index contributed by atoms with van der Waals surface area (Å²) in [5.41, 5.74) is 3.43. The first-order valence-corrected chi connectivity index (χ1v) is 9.98. The zero-order valence-electron chi connectivity index (χ0n) is 14.5. The van der Waals surface area contributed by atoms with Gasteiger partial charge in [-0.15, -0.1) is 11.3 Å². The average Bonchev–Trinajstić information content (AvgIpc) is 3.38. The Balaban J connectivity index is 1.34. The van der Waals surface area contributed by atoms with Crippen LogP contribution in [0.3, 0.4) is 0 Å². The molecule has 5 rings (SSSR count). The molecule has 3 aromatic rings. The van der Waals surface area contributed by atoms with Crippen molar-refractivity contribution >= 4 is 28.4 Å². The van der Waals surface area contributed by atoms with E-state index in [9.17, 15) is 0 Å². The van der Waals surface area contributed by atoms with E-state index in [1.54, 1.807) is 17.7 Å². The first-order chi connectivity index (χ1) is 12.9. The molecule has 0 N–H and O–H groups in total. The fraction of sp³-hybridized carbons (Fsp3) is 0.529. The second kappa shape index (κ2) is 6.90. The topological polar surface area (TPSA) is 72.2 Å². The van der Waals surface area contributed by atoms with Crippen molar-refractivity contribution < 1.29 is 4.74 Å². The second-order valence-corrected chi connectivity index (χ2v) is 7.43. The first-order valence-electron chi connectivity index (χ1n) is 9.04. The summed E-state index contributed by atoms with van der Waals surface area (Å²) in [6.45, 7) is 5.80. The minimum absolute atomic E-state index is 0.652. The molecule has 9 heteroatoms. The third-order valence-corrected chi connectivity index (χ3v) is 5.83. The van der Waals surface area contributed by atoms with Crippen molar-refractivity contribution in [2.75, 3.05) is 44.3 Å². The number of morpholine rings is 1. The molecule has 0 atom stereocenters. The van der Waals surface area contributed by atoms with E-state index < -0.39 is 0 Å². The molecule has 3 aromatic heterocycles. The van der Waals surface area contributed by atoms with Gasteiger partial charge >= 0.3 is 0 Å². The van der Waals surface area contributed by atoms with Gasteiger partial charge in [-0.3, -0.25) is 9.47 Å². The molecule has 0 spiro atoms. The number of rotatable bonds is 3. The van der Waals surface area contributed by atoms with Crippen molar-refractivity contribution in [2.45, 2.75) is 18.9 Å². The number of hydrogen-bond acceptors (Lipinski definition) is 8. The van der Waals surface area contributed by atoms with Crippen LogP contribution < -0.4 is 4.90 Å². The molecule has 0 bridgehead atoms. The van der Waals surface area contributed by atoms with Crippen molar-refractivity contribution in [3.8, 4) is 5.82 Å². The molecule has 0 radical (unpaired) electrons. The molecule has 0 aliphatic carbocycles. The largest absolute Gasteiger partial charge is 0.379 e. The third kappa shape index (κ3) is 2.95. The lowest BCUT2D eigenvalue weighted by Crippen LogP contribution is -2.49. The number of thiazole rings is 1. The summed E-state index contributed by atoms with van der Waals surface area (Å²) in [5, 5.41) is 2.00. The molecule has 0 amide bonds. The normalized spacial score (nSPS) is 20.1. The molecule has 2 saturated heterocycles. The Kier molecular flexibility index (Phi) is 4.27. The molecular weight excluding hydrogens is 350 g/mol. The summed E-state index contributed by atoms with van der Waals surface area (Å²) in [4.78, 5) is 23.0. The summed E-state index contributed by atoms with van der Waals surface area (Å²) >= 11 is 1.57. The van der Waals surface area contributed by atoms with Crippen LogP contribution in [0.25, 0.3) is 17.0 Å². The second-order valence-electron chi connectivity index (χ2n) is 6.71. The standard InChI is InChI=1S/C17H21N7OS/c1-3-23(4-2-13(1)22-5-7-25-8-6-22)17-18-9-14-16(21-17)24(11-19-14)15-10-26-12-20-15/h9-13H,1-8H2. The van der Waals surface area contributed by atoms with E-state index in [0.29, 0.717) is 6.04 Å². The minimum Gasteiger partial charge on any atom is -0.379 e. The first kappa shape index (κ1) is 16.1. The summed E-state index contributed by atoms with van der Waals surface area (Å²) in [5.74, 6) is 1.64. The molecule has 2 aliphatic rings. The Bertz CT molecular complexity index is 867. The highest BCUT2D eigenvalue weighted by molar-refractivity contribution is 7.07. The van der Waals surface area contributed by atoms with E-state index in [2.05, 4.69) is 24.8 Å². The van der Waals surface area contributed by atoms with Crippen LogP contribution in [0.5, 0.6) is 0 Å². The molecule has 0 saturated carbocycles. The highest BCUT2D eigenvalue weighted by Crippen LogP contribution is 2.23. The molecule has 0 aromatic carbocycles. The van der Waals surface area contributed by atoms with Crippen LogP contribution in [0.2, 0.25) is 0 Å². The molecule has 5 heterocycles. The van der Waals surface area contributed by atoms with Gasteiger partial charge in [0.25, 0.3) is 0 Å². The van der Waals surface area contributed by atoms with Gasteiger partial charge in [-0.2, -0.15) is 4.98 Å². The van der Waals surface area contributed by atoms with Gasteiger partial charge in [-0.25, -0.2) is 15.0 Å². The highest BCUT2D eigenvalue weighted by Gasteiger charge is 2.27. The van der Waals surface area contributed by atoms with Gasteiger partial charge in [0.1, 0.15) is 11.8 Å². The molecule has 136 valence electrons. The van der Waals surface area contributed by atoms with E-state index in [-0.39, 0.29) is 0 Å². The predicted molar refractivity (Wildman–Crippen MR) is 100.0 cm³/mol. The predicted octanol–water partition coefficient (Wildman–Crippen LogP) is 1.57. The van der Waals surface area contributed by atoms with Crippen molar-refractivity contribution in [2.24, 2.45) is 0 Å². The minimum atomic E-state index is 0.652. The van der Waals surface area contributed by atoms with E-state index in [1.165, 1.54) is 0 Å². The van der Waals surface area contributed by atoms with Crippen LogP contribution >= 0.6 is 11.3 Å². The lowest BCUT2D eigenvalue weighted by atomic mass is 10.0. The Morgan fingerprint density at radius 1 is 1.04 bits per heavy atom. The zero-order valence-corrected chi connectivity index (χ0v) is 15.3. The van der Waals surface area contributed by atoms with Crippen LogP contribution in [0.15, 0.2) is 23.4 Å². The zero-order chi connectivity index (χ0) is 17.3. The van der Waals surface area contributed by atoms with E-state index in [0.717, 1.165) is 75.2 Å². The average molecular weight is 371 g/mol. The molecule has 2 fully saturated rings. The number of ether oxygens (including phenoxy) is 1. The maximum absolute atomic E-state index is 5.47. The van der Waals surface area contributed by atoms with Crippen molar-refractivity contribution in [3.05, 3.63) is 23.4 Å². The Morgan fingerprint density at radius 3 is 2.65 bits per heavy atom. The number of imidazole rings is 1. The number of nitrogens with zero attached hydrogens (tertiary/aromatic N) is 7. The number of hydrogen-bond donors (Lipinski definition) is 0. The lowest BCUT2D eigenvalue weighted by molar-refractivity contribution is 0.0114. The van der Waals surface area contributed by atoms with E-state index in [1.807, 2.05) is 21.7 Å². The van der Waals surface area contributed by atoms with Crippen LogP contribution in [-0.4, -0.2) is 74.8 Å². The third-order valence-electron chi connectivity index (χ3n) is 5.25. The van der Waals surface area contributed by atoms with Gasteiger partial charge in [0.15, 0.2) is 11.5 Å². The molecule has 2 aliphatic heterocycles. The van der Waals surface area contributed by atoms with Crippen molar-refractivity contribution in [3.63, 3.8) is 0 Å². The van der Waals surface area contributed by atoms with Crippen LogP contribution in [0.4, 0.5) is 5.95 Å². The van der Waals surface area contributed by atoms with Crippen molar-refractivity contribution in [1.82, 2.24) is 29.4 Å². The summed E-state index contributed by atoms with van der Waals surface area (Å²) in [6.07, 6.45) is 5.87. The van der Waals surface area contributed by atoms with E-state index >= 15 is 0 Å². The van der Waals surface area contributed by atoms with Crippen molar-refractivity contribution in [1.29, 1.82) is 0 Å². The Labute approximate surface area is 155 Å². The smallest absolute Gasteiger partial charge is 0.227 e. The number of aromatic nitrogens is 5. The van der Waals surface area contributed by atoms with Gasteiger partial charge in [0.05, 0.1) is 24.9 Å². The quantitative estimate of drug-likeness (QED) is 0.692. The van der Waals surface area contributed by atoms with Crippen LogP contribution in [0, 0.1) is 0 Å². The molecular formula is C17H21N7OS. The lowest BCUT2D eigenvalue weighted by Gasteiger charge is -2.40. The highest BCUT2D eigenvalue weighted by atomic mass is 32.1.